The Morgan fingerprint density at radius 2 is 1.27 bits per heavy atom. The molecule has 2 aromatic carbocycles. The zero-order valence-electron chi connectivity index (χ0n) is 12.9. The number of carbonyl (C=O) groups excluding carboxylic acids is 3. The molecule has 0 fully saturated rings. The molecule has 0 radical (unpaired) electrons. The van der Waals surface area contributed by atoms with Crippen molar-refractivity contribution in [3.8, 4) is 11.5 Å². The summed E-state index contributed by atoms with van der Waals surface area (Å²) in [6, 6.07) is 6.71. The van der Waals surface area contributed by atoms with Gasteiger partial charge in [-0.25, -0.2) is 9.59 Å². The first kappa shape index (κ1) is 18.3. The third-order valence-corrected chi connectivity index (χ3v) is 3.30. The molecule has 0 heterocycles. The van der Waals surface area contributed by atoms with E-state index in [1.54, 1.807) is 0 Å². The van der Waals surface area contributed by atoms with Gasteiger partial charge in [-0.05, 0) is 30.3 Å². The minimum atomic E-state index is -1.50. The maximum Gasteiger partial charge on any atom is 0.336 e. The molecule has 0 spiro atoms. The lowest BCUT2D eigenvalue weighted by molar-refractivity contribution is -0.123. The van der Waals surface area contributed by atoms with Crippen LogP contribution in [0.5, 0.6) is 11.5 Å². The number of hydrogen-bond acceptors (Lipinski definition) is 7. The van der Waals surface area contributed by atoms with E-state index in [0.717, 1.165) is 24.3 Å². The molecule has 2 aromatic rings. The standard InChI is InChI=1S/C17H10O9/c18-7-25-13-4-2-10(6-14(13)26-8-19)15(20)9-1-3-11(16(21)22)12(5-9)17(23)24/h1-8H,(H,21,22)(H,23,24). The van der Waals surface area contributed by atoms with Crippen molar-refractivity contribution < 1.29 is 43.7 Å². The third-order valence-electron chi connectivity index (χ3n) is 3.30. The first-order valence-corrected chi connectivity index (χ1v) is 6.89. The second-order valence-electron chi connectivity index (χ2n) is 4.79. The summed E-state index contributed by atoms with van der Waals surface area (Å²) in [5.74, 6) is -3.90. The monoisotopic (exact) mass is 358 g/mol. The van der Waals surface area contributed by atoms with Crippen molar-refractivity contribution in [3.63, 3.8) is 0 Å². The van der Waals surface area contributed by atoms with Crippen LogP contribution in [0.3, 0.4) is 0 Å². The summed E-state index contributed by atoms with van der Waals surface area (Å²) in [5, 5.41) is 18.1. The first-order valence-electron chi connectivity index (χ1n) is 6.89. The van der Waals surface area contributed by atoms with Gasteiger partial charge in [-0.15, -0.1) is 0 Å². The van der Waals surface area contributed by atoms with Gasteiger partial charge in [0.2, 0.25) is 0 Å². The van der Waals surface area contributed by atoms with E-state index in [1.165, 1.54) is 12.1 Å². The van der Waals surface area contributed by atoms with E-state index < -0.39 is 28.8 Å². The molecule has 0 bridgehead atoms. The molecule has 0 unspecified atom stereocenters. The number of carbonyl (C=O) groups is 5. The normalized spacial score (nSPS) is 9.85. The SMILES string of the molecule is O=COc1ccc(C(=O)c2ccc(C(=O)O)c(C(=O)O)c2)cc1OC=O. The molecule has 0 aromatic heterocycles. The zero-order valence-corrected chi connectivity index (χ0v) is 12.9. The molecule has 0 atom stereocenters. The van der Waals surface area contributed by atoms with Gasteiger partial charge in [-0.3, -0.25) is 14.4 Å². The van der Waals surface area contributed by atoms with Gasteiger partial charge in [0, 0.05) is 11.1 Å². The smallest absolute Gasteiger partial charge is 0.336 e. The molecule has 132 valence electrons. The number of ether oxygens (including phenoxy) is 2. The number of hydrogen-bond donors (Lipinski definition) is 2. The predicted molar refractivity (Wildman–Crippen MR) is 83.6 cm³/mol. The van der Waals surface area contributed by atoms with Gasteiger partial charge in [0.15, 0.2) is 17.3 Å². The number of benzene rings is 2. The maximum atomic E-state index is 12.5. The molecule has 0 saturated heterocycles. The van der Waals surface area contributed by atoms with Crippen LogP contribution in [-0.2, 0) is 9.59 Å². The maximum absolute atomic E-state index is 12.5. The largest absolute Gasteiger partial charge is 0.478 e. The van der Waals surface area contributed by atoms with Gasteiger partial charge >= 0.3 is 11.9 Å². The Kier molecular flexibility index (Phi) is 5.43. The highest BCUT2D eigenvalue weighted by molar-refractivity contribution is 6.11. The van der Waals surface area contributed by atoms with E-state index in [0.29, 0.717) is 0 Å². The van der Waals surface area contributed by atoms with Crippen molar-refractivity contribution >= 4 is 30.7 Å². The topological polar surface area (TPSA) is 144 Å². The number of aromatic carboxylic acids is 2. The molecule has 0 amide bonds. The lowest BCUT2D eigenvalue weighted by atomic mass is 9.98. The molecule has 2 rings (SSSR count). The van der Waals surface area contributed by atoms with Gasteiger partial charge in [0.25, 0.3) is 12.9 Å². The molecule has 26 heavy (non-hydrogen) atoms. The van der Waals surface area contributed by atoms with Crippen LogP contribution in [0, 0.1) is 0 Å². The predicted octanol–water partition coefficient (Wildman–Crippen LogP) is 1.38. The highest BCUT2D eigenvalue weighted by Gasteiger charge is 2.20. The summed E-state index contributed by atoms with van der Waals surface area (Å²) in [6.45, 7) is 0.184. The summed E-state index contributed by atoms with van der Waals surface area (Å²) in [7, 11) is 0. The van der Waals surface area contributed by atoms with E-state index in [4.69, 9.17) is 10.2 Å². The fourth-order valence-corrected chi connectivity index (χ4v) is 2.16. The molecule has 2 N–H and O–H groups in total. The average Bonchev–Trinajstić information content (AvgIpc) is 2.62. The summed E-state index contributed by atoms with van der Waals surface area (Å²) in [4.78, 5) is 55.7. The average molecular weight is 358 g/mol. The van der Waals surface area contributed by atoms with E-state index in [1.807, 2.05) is 0 Å². The molecular weight excluding hydrogens is 348 g/mol. The lowest BCUT2D eigenvalue weighted by Gasteiger charge is -2.09. The van der Waals surface area contributed by atoms with Crippen LogP contribution < -0.4 is 9.47 Å². The van der Waals surface area contributed by atoms with E-state index in [9.17, 15) is 24.0 Å². The summed E-state index contributed by atoms with van der Waals surface area (Å²) in [5.41, 5.74) is -1.10. The van der Waals surface area contributed by atoms with Crippen LogP contribution in [0.4, 0.5) is 0 Å². The van der Waals surface area contributed by atoms with Crippen LogP contribution >= 0.6 is 0 Å². The second kappa shape index (κ2) is 7.71. The van der Waals surface area contributed by atoms with Crippen LogP contribution in [-0.4, -0.2) is 40.9 Å². The Bertz CT molecular complexity index is 914. The highest BCUT2D eigenvalue weighted by atomic mass is 16.6. The van der Waals surface area contributed by atoms with E-state index in [2.05, 4.69) is 9.47 Å². The first-order chi connectivity index (χ1) is 12.4. The quantitative estimate of drug-likeness (QED) is 0.528. The van der Waals surface area contributed by atoms with Gasteiger partial charge < -0.3 is 19.7 Å². The summed E-state index contributed by atoms with van der Waals surface area (Å²) >= 11 is 0. The number of ketones is 1. The van der Waals surface area contributed by atoms with Gasteiger partial charge in [-0.1, -0.05) is 6.07 Å². The molecule has 0 aliphatic heterocycles. The Morgan fingerprint density at radius 3 is 1.85 bits per heavy atom. The minimum Gasteiger partial charge on any atom is -0.478 e. The van der Waals surface area contributed by atoms with Crippen molar-refractivity contribution in [1.29, 1.82) is 0 Å². The van der Waals surface area contributed by atoms with E-state index >= 15 is 0 Å². The van der Waals surface area contributed by atoms with Crippen molar-refractivity contribution in [2.24, 2.45) is 0 Å². The van der Waals surface area contributed by atoms with E-state index in [-0.39, 0.29) is 35.6 Å². The Hall–Kier alpha value is -4.01. The molecule has 0 aliphatic rings. The molecule has 9 nitrogen and oxygen atoms in total. The molecule has 9 heteroatoms. The third kappa shape index (κ3) is 3.73. The van der Waals surface area contributed by atoms with Crippen LogP contribution in [0.2, 0.25) is 0 Å². The Morgan fingerprint density at radius 1 is 0.731 bits per heavy atom. The fourth-order valence-electron chi connectivity index (χ4n) is 2.16. The number of carboxylic acid groups (broad SMARTS) is 2. The minimum absolute atomic E-state index is 0.000451. The van der Waals surface area contributed by atoms with Crippen molar-refractivity contribution in [3.05, 3.63) is 58.7 Å². The van der Waals surface area contributed by atoms with Gasteiger partial charge in [0.1, 0.15) is 0 Å². The van der Waals surface area contributed by atoms with Crippen molar-refractivity contribution in [1.82, 2.24) is 0 Å². The van der Waals surface area contributed by atoms with Crippen molar-refractivity contribution in [2.45, 2.75) is 0 Å². The summed E-state index contributed by atoms with van der Waals surface area (Å²) in [6.07, 6.45) is 0. The summed E-state index contributed by atoms with van der Waals surface area (Å²) < 4.78 is 9.24. The Balaban J connectivity index is 2.48. The van der Waals surface area contributed by atoms with Crippen LogP contribution in [0.25, 0.3) is 0 Å². The van der Waals surface area contributed by atoms with Gasteiger partial charge in [0.05, 0.1) is 11.1 Å². The highest BCUT2D eigenvalue weighted by Crippen LogP contribution is 2.29. The molecule has 0 aliphatic carbocycles. The molecular formula is C17H10O9. The van der Waals surface area contributed by atoms with Crippen LogP contribution in [0.1, 0.15) is 36.6 Å². The fraction of sp³-hybridized carbons (Fsp3) is 0. The second-order valence-corrected chi connectivity index (χ2v) is 4.79. The lowest BCUT2D eigenvalue weighted by Crippen LogP contribution is -2.11. The van der Waals surface area contributed by atoms with Crippen molar-refractivity contribution in [2.75, 3.05) is 0 Å². The number of rotatable bonds is 8. The Labute approximate surface area is 145 Å². The van der Waals surface area contributed by atoms with Crippen LogP contribution in [0.15, 0.2) is 36.4 Å². The zero-order chi connectivity index (χ0) is 19.3. The number of carboxylic acids is 2. The van der Waals surface area contributed by atoms with Gasteiger partial charge in [-0.2, -0.15) is 0 Å². The molecule has 0 saturated carbocycles.